The third-order valence-corrected chi connectivity index (χ3v) is 2.64. The Labute approximate surface area is 94.6 Å². The van der Waals surface area contributed by atoms with E-state index in [4.69, 9.17) is 0 Å². The zero-order valence-electron chi connectivity index (χ0n) is 8.93. The lowest BCUT2D eigenvalue weighted by Crippen LogP contribution is -2.52. The van der Waals surface area contributed by atoms with E-state index in [-0.39, 0.29) is 31.9 Å². The number of carbonyl (C=O) groups is 1. The van der Waals surface area contributed by atoms with Gasteiger partial charge in [0, 0.05) is 33.1 Å². The fourth-order valence-corrected chi connectivity index (χ4v) is 1.51. The maximum Gasteiger partial charge on any atom is 0.262 e. The molecule has 1 amide bonds. The zero-order valence-corrected chi connectivity index (χ0v) is 9.74. The Hall–Kier alpha value is -0.420. The third kappa shape index (κ3) is 3.28. The van der Waals surface area contributed by atoms with Crippen molar-refractivity contribution in [2.75, 3.05) is 26.7 Å². The van der Waals surface area contributed by atoms with Crippen molar-refractivity contribution in [1.29, 1.82) is 0 Å². The Balaban J connectivity index is 0.00000196. The van der Waals surface area contributed by atoms with Gasteiger partial charge in [-0.1, -0.05) is 0 Å². The standard InChI is InChI=1S/C9H16F2N2O.ClH/c1-3-13(2)8(14)7-6-12-5-4-9(7,10)11;/h7,12H,3-6H2,1-2H3;1H. The average Bonchev–Trinajstić information content (AvgIpc) is 2.15. The molecule has 1 atom stereocenters. The van der Waals surface area contributed by atoms with Crippen LogP contribution in [-0.2, 0) is 4.79 Å². The molecule has 0 aromatic carbocycles. The van der Waals surface area contributed by atoms with Gasteiger partial charge in [0.05, 0.1) is 0 Å². The summed E-state index contributed by atoms with van der Waals surface area (Å²) in [7, 11) is 1.55. The smallest absolute Gasteiger partial charge is 0.262 e. The molecule has 0 aromatic rings. The first-order valence-corrected chi connectivity index (χ1v) is 4.82. The Kier molecular flexibility index (Phi) is 5.45. The number of nitrogens with zero attached hydrogens (tertiary/aromatic N) is 1. The quantitative estimate of drug-likeness (QED) is 0.788. The predicted octanol–water partition coefficient (Wildman–Crippen LogP) is 1.13. The summed E-state index contributed by atoms with van der Waals surface area (Å²) in [5.74, 6) is -4.52. The van der Waals surface area contributed by atoms with Crippen LogP contribution in [0.2, 0.25) is 0 Å². The molecule has 1 aliphatic heterocycles. The fourth-order valence-electron chi connectivity index (χ4n) is 1.51. The first kappa shape index (κ1) is 14.6. The number of carbonyl (C=O) groups excluding carboxylic acids is 1. The van der Waals surface area contributed by atoms with Gasteiger partial charge in [0.25, 0.3) is 5.92 Å². The van der Waals surface area contributed by atoms with Crippen molar-refractivity contribution >= 4 is 18.3 Å². The lowest BCUT2D eigenvalue weighted by Gasteiger charge is -2.33. The van der Waals surface area contributed by atoms with Crippen LogP contribution in [-0.4, -0.2) is 43.4 Å². The molecule has 1 fully saturated rings. The van der Waals surface area contributed by atoms with E-state index in [0.29, 0.717) is 6.54 Å². The summed E-state index contributed by atoms with van der Waals surface area (Å²) in [6.07, 6.45) is -0.249. The molecule has 0 bridgehead atoms. The van der Waals surface area contributed by atoms with Crippen molar-refractivity contribution in [3.8, 4) is 0 Å². The zero-order chi connectivity index (χ0) is 10.8. The van der Waals surface area contributed by atoms with Gasteiger partial charge in [0.1, 0.15) is 5.92 Å². The summed E-state index contributed by atoms with van der Waals surface area (Å²) < 4.78 is 26.7. The van der Waals surface area contributed by atoms with Crippen LogP contribution >= 0.6 is 12.4 Å². The van der Waals surface area contributed by atoms with Crippen molar-refractivity contribution in [3.63, 3.8) is 0 Å². The number of rotatable bonds is 2. The van der Waals surface area contributed by atoms with Crippen molar-refractivity contribution in [2.45, 2.75) is 19.3 Å². The lowest BCUT2D eigenvalue weighted by atomic mass is 9.93. The van der Waals surface area contributed by atoms with Crippen molar-refractivity contribution in [1.82, 2.24) is 10.2 Å². The highest BCUT2D eigenvalue weighted by Crippen LogP contribution is 2.31. The average molecular weight is 243 g/mol. The van der Waals surface area contributed by atoms with E-state index >= 15 is 0 Å². The van der Waals surface area contributed by atoms with E-state index in [0.717, 1.165) is 0 Å². The number of piperidine rings is 1. The number of halogens is 3. The molecular formula is C9H17ClF2N2O. The molecule has 1 unspecified atom stereocenters. The molecule has 0 aliphatic carbocycles. The summed E-state index contributed by atoms with van der Waals surface area (Å²) in [5.41, 5.74) is 0. The van der Waals surface area contributed by atoms with Crippen LogP contribution in [0, 0.1) is 5.92 Å². The first-order valence-electron chi connectivity index (χ1n) is 4.82. The highest BCUT2D eigenvalue weighted by Gasteiger charge is 2.46. The second-order valence-corrected chi connectivity index (χ2v) is 3.62. The highest BCUT2D eigenvalue weighted by molar-refractivity contribution is 5.85. The van der Waals surface area contributed by atoms with Crippen LogP contribution in [0.25, 0.3) is 0 Å². The topological polar surface area (TPSA) is 32.3 Å². The molecular weight excluding hydrogens is 226 g/mol. The van der Waals surface area contributed by atoms with Gasteiger partial charge in [-0.2, -0.15) is 0 Å². The molecule has 1 aliphatic rings. The van der Waals surface area contributed by atoms with E-state index in [1.165, 1.54) is 4.90 Å². The second kappa shape index (κ2) is 5.61. The van der Waals surface area contributed by atoms with Crippen LogP contribution in [0.3, 0.4) is 0 Å². The van der Waals surface area contributed by atoms with Crippen LogP contribution < -0.4 is 5.32 Å². The van der Waals surface area contributed by atoms with E-state index in [1.807, 2.05) is 0 Å². The van der Waals surface area contributed by atoms with E-state index in [9.17, 15) is 13.6 Å². The minimum absolute atomic E-state index is 0. The van der Waals surface area contributed by atoms with E-state index < -0.39 is 17.7 Å². The van der Waals surface area contributed by atoms with Crippen molar-refractivity contribution in [3.05, 3.63) is 0 Å². The Morgan fingerprint density at radius 3 is 2.67 bits per heavy atom. The minimum Gasteiger partial charge on any atom is -0.346 e. The highest BCUT2D eigenvalue weighted by atomic mass is 35.5. The van der Waals surface area contributed by atoms with Gasteiger partial charge in [-0.25, -0.2) is 8.78 Å². The Morgan fingerprint density at radius 1 is 1.60 bits per heavy atom. The van der Waals surface area contributed by atoms with Gasteiger partial charge < -0.3 is 10.2 Å². The minimum atomic E-state index is -2.86. The third-order valence-electron chi connectivity index (χ3n) is 2.64. The van der Waals surface area contributed by atoms with Gasteiger partial charge >= 0.3 is 0 Å². The Bertz CT molecular complexity index is 226. The number of hydrogen-bond acceptors (Lipinski definition) is 2. The summed E-state index contributed by atoms with van der Waals surface area (Å²) in [4.78, 5) is 12.9. The molecule has 1 N–H and O–H groups in total. The molecule has 90 valence electrons. The maximum absolute atomic E-state index is 13.3. The molecule has 0 aromatic heterocycles. The molecule has 6 heteroatoms. The first-order chi connectivity index (χ1) is 6.49. The largest absolute Gasteiger partial charge is 0.346 e. The number of alkyl halides is 2. The molecule has 15 heavy (non-hydrogen) atoms. The van der Waals surface area contributed by atoms with Crippen LogP contribution in [0.4, 0.5) is 8.78 Å². The number of hydrogen-bond donors (Lipinski definition) is 1. The normalized spacial score (nSPS) is 24.1. The summed E-state index contributed by atoms with van der Waals surface area (Å²) in [6, 6.07) is 0. The molecule has 1 saturated heterocycles. The van der Waals surface area contributed by atoms with Crippen LogP contribution in [0.5, 0.6) is 0 Å². The molecule has 3 nitrogen and oxygen atoms in total. The summed E-state index contributed by atoms with van der Waals surface area (Å²) in [5, 5.41) is 2.82. The van der Waals surface area contributed by atoms with E-state index in [1.54, 1.807) is 14.0 Å². The van der Waals surface area contributed by atoms with E-state index in [2.05, 4.69) is 5.32 Å². The SMILES string of the molecule is CCN(C)C(=O)C1CNCCC1(F)F.Cl. The number of nitrogens with one attached hydrogen (secondary N) is 1. The summed E-state index contributed by atoms with van der Waals surface area (Å²) in [6.45, 7) is 2.60. The van der Waals surface area contributed by atoms with Crippen molar-refractivity contribution < 1.29 is 13.6 Å². The monoisotopic (exact) mass is 242 g/mol. The van der Waals surface area contributed by atoms with Gasteiger partial charge in [-0.15, -0.1) is 12.4 Å². The molecule has 0 saturated carbocycles. The van der Waals surface area contributed by atoms with Gasteiger partial charge in [-0.05, 0) is 6.92 Å². The molecule has 0 radical (unpaired) electrons. The predicted molar refractivity (Wildman–Crippen MR) is 56.5 cm³/mol. The molecule has 1 rings (SSSR count). The second-order valence-electron chi connectivity index (χ2n) is 3.62. The lowest BCUT2D eigenvalue weighted by molar-refractivity contribution is -0.152. The van der Waals surface area contributed by atoms with Crippen LogP contribution in [0.15, 0.2) is 0 Å². The maximum atomic E-state index is 13.3. The van der Waals surface area contributed by atoms with Crippen LogP contribution in [0.1, 0.15) is 13.3 Å². The fraction of sp³-hybridized carbons (Fsp3) is 0.889. The van der Waals surface area contributed by atoms with Gasteiger partial charge in [-0.3, -0.25) is 4.79 Å². The molecule has 1 heterocycles. The van der Waals surface area contributed by atoms with Gasteiger partial charge in [0.15, 0.2) is 0 Å². The molecule has 0 spiro atoms. The van der Waals surface area contributed by atoms with Crippen molar-refractivity contribution in [2.24, 2.45) is 5.92 Å². The Morgan fingerprint density at radius 2 is 2.20 bits per heavy atom. The summed E-state index contributed by atoms with van der Waals surface area (Å²) >= 11 is 0. The van der Waals surface area contributed by atoms with Gasteiger partial charge in [0.2, 0.25) is 5.91 Å². The number of amides is 1.